The molecule has 0 aliphatic carbocycles. The number of aliphatic carboxylic acids is 1. The highest BCUT2D eigenvalue weighted by Crippen LogP contribution is 2.13. The van der Waals surface area contributed by atoms with E-state index in [1.165, 1.54) is 6.92 Å². The number of cyclic esters (lactones) is 1. The molecule has 0 aromatic heterocycles. The van der Waals surface area contributed by atoms with Gasteiger partial charge in [-0.05, 0) is 59.0 Å². The monoisotopic (exact) mass is 1120 g/mol. The molecule has 0 spiro atoms. The van der Waals surface area contributed by atoms with Crippen molar-refractivity contribution in [1.82, 2.24) is 47.9 Å². The van der Waals surface area contributed by atoms with Crippen LogP contribution in [-0.4, -0.2) is 207 Å². The lowest BCUT2D eigenvalue weighted by Crippen LogP contribution is -2.62. The molecular weight excluding hydrogens is 1030 g/mol. The second-order valence-corrected chi connectivity index (χ2v) is 18.6. The summed E-state index contributed by atoms with van der Waals surface area (Å²) in [6.07, 6.45) is 0.509. The van der Waals surface area contributed by atoms with Gasteiger partial charge in [0.15, 0.2) is 12.1 Å². The minimum absolute atomic E-state index is 0.0108. The molecule has 1 aliphatic rings. The van der Waals surface area contributed by atoms with Crippen molar-refractivity contribution in [3.05, 3.63) is 11.8 Å². The lowest BCUT2D eigenvalue weighted by molar-refractivity contribution is -0.156. The van der Waals surface area contributed by atoms with Crippen LogP contribution in [0.4, 0.5) is 0 Å². The highest BCUT2D eigenvalue weighted by molar-refractivity contribution is 6.03. The molecule has 1 fully saturated rings. The number of carbonyl (C=O) groups excluding carboxylic acids is 10. The lowest BCUT2D eigenvalue weighted by Gasteiger charge is -2.28. The van der Waals surface area contributed by atoms with Gasteiger partial charge in [-0.1, -0.05) is 70.8 Å². The topological polar surface area (TPSA) is 499 Å². The Labute approximate surface area is 451 Å². The van der Waals surface area contributed by atoms with Crippen molar-refractivity contribution in [3.63, 3.8) is 0 Å². The molecule has 1 saturated heterocycles. The number of aliphatic hydroxyl groups excluding tert-OH is 6. The first kappa shape index (κ1) is 69.6. The number of aliphatic hydroxyl groups is 6. The van der Waals surface area contributed by atoms with Crippen LogP contribution in [0, 0.1) is 0 Å². The van der Waals surface area contributed by atoms with Crippen molar-refractivity contribution in [1.29, 1.82) is 0 Å². The van der Waals surface area contributed by atoms with E-state index in [1.54, 1.807) is 0 Å². The van der Waals surface area contributed by atoms with Crippen LogP contribution in [0.15, 0.2) is 11.8 Å². The molecule has 11 unspecified atom stereocenters. The Bertz CT molecular complexity index is 2010. The van der Waals surface area contributed by atoms with E-state index in [0.717, 1.165) is 64.4 Å². The fourth-order valence-electron chi connectivity index (χ4n) is 7.64. The zero-order chi connectivity index (χ0) is 58.9. The van der Waals surface area contributed by atoms with E-state index in [0.29, 0.717) is 6.42 Å². The highest BCUT2D eigenvalue weighted by Gasteiger charge is 2.40. The van der Waals surface area contributed by atoms with Crippen LogP contribution in [0.2, 0.25) is 0 Å². The number of carboxylic acid groups (broad SMARTS) is 1. The fourth-order valence-corrected chi connectivity index (χ4v) is 7.64. The Hall–Kier alpha value is -6.41. The smallest absolute Gasteiger partial charge is 0.335 e. The van der Waals surface area contributed by atoms with Gasteiger partial charge in [0.2, 0.25) is 47.3 Å². The number of nitrogens with one attached hydrogen (secondary N) is 9. The first-order chi connectivity index (χ1) is 37.0. The summed E-state index contributed by atoms with van der Waals surface area (Å²) in [5.74, 6) is -14.7. The maximum absolute atomic E-state index is 13.9. The van der Waals surface area contributed by atoms with Crippen molar-refractivity contribution in [3.8, 4) is 0 Å². The quantitative estimate of drug-likeness (QED) is 0.0230. The summed E-state index contributed by atoms with van der Waals surface area (Å²) in [5, 5.41) is 91.4. The normalized spacial score (nSPS) is 24.4. The molecule has 20 N–H and O–H groups in total. The van der Waals surface area contributed by atoms with E-state index < -0.39 is 177 Å². The Kier molecular flexibility index (Phi) is 34.1. The minimum Gasteiger partial charge on any atom is -0.479 e. The second-order valence-electron chi connectivity index (χ2n) is 18.6. The number of hydrogen-bond donors (Lipinski definition) is 18. The van der Waals surface area contributed by atoms with Crippen LogP contribution >= 0.6 is 0 Å². The third-order valence-corrected chi connectivity index (χ3v) is 12.1. The number of ether oxygens (including phenoxy) is 1. The number of esters is 1. The van der Waals surface area contributed by atoms with Gasteiger partial charge >= 0.3 is 11.9 Å². The van der Waals surface area contributed by atoms with E-state index in [-0.39, 0.29) is 38.8 Å². The number of unbranched alkanes of at least 4 members (excludes halogenated alkanes) is 8. The van der Waals surface area contributed by atoms with Gasteiger partial charge in [-0.3, -0.25) is 43.2 Å². The van der Waals surface area contributed by atoms with Gasteiger partial charge in [0, 0.05) is 6.61 Å². The maximum atomic E-state index is 13.9. The van der Waals surface area contributed by atoms with Crippen molar-refractivity contribution < 1.29 is 93.2 Å². The number of amides is 9. The molecule has 1 aliphatic heterocycles. The summed E-state index contributed by atoms with van der Waals surface area (Å²) in [5.41, 5.74) is 10.6. The van der Waals surface area contributed by atoms with Crippen LogP contribution in [0.5, 0.6) is 0 Å². The summed E-state index contributed by atoms with van der Waals surface area (Å²) in [6.45, 7) is 0.0606. The zero-order valence-corrected chi connectivity index (χ0v) is 44.5. The standard InChI is InChI=1S/C48H83N11O19/c1-4-6-7-8-9-10-11-12-13-15-27(63)22-34(65)53-32-25-78-48(77)37(33(64)24-61)58-46(74)38(39(67)47(75)76)59-41(69)28(5-2)54-45(73)36(26(3)62)57-43(71)29(16-14-19-49)55-42(70)31(18-21-60)52-35(66)23-51-40(68)30(17-20-50)56-44(32)72/h5,26-27,29-33,36-39,60-64,67H,4,6-25,49-50H2,1-3H3,(H,51,68)(H,52,66)(H,53,65)(H,54,73)(H,55,70)(H,56,72)(H,57,71)(H,58,74)(H,59,69)(H,75,76). The first-order valence-electron chi connectivity index (χ1n) is 26.1. The van der Waals surface area contributed by atoms with E-state index >= 15 is 0 Å². The summed E-state index contributed by atoms with van der Waals surface area (Å²) in [7, 11) is 0. The molecule has 0 radical (unpaired) electrons. The van der Waals surface area contributed by atoms with Crippen LogP contribution in [0.25, 0.3) is 0 Å². The van der Waals surface area contributed by atoms with Gasteiger partial charge in [-0.25, -0.2) is 9.59 Å². The van der Waals surface area contributed by atoms with E-state index in [2.05, 4.69) is 44.1 Å². The van der Waals surface area contributed by atoms with Crippen LogP contribution in [-0.2, 0) is 57.5 Å². The molecule has 1 heterocycles. The maximum Gasteiger partial charge on any atom is 0.335 e. The molecule has 0 aromatic carbocycles. The Morgan fingerprint density at radius 1 is 0.679 bits per heavy atom. The molecule has 1 rings (SSSR count). The van der Waals surface area contributed by atoms with Crippen molar-refractivity contribution in [2.24, 2.45) is 11.5 Å². The van der Waals surface area contributed by atoms with E-state index in [4.69, 9.17) is 16.2 Å². The third-order valence-electron chi connectivity index (χ3n) is 12.1. The number of hydrogen-bond acceptors (Lipinski definition) is 20. The summed E-state index contributed by atoms with van der Waals surface area (Å²) in [4.78, 5) is 148. The number of nitrogens with two attached hydrogens (primary N) is 2. The Balaban J connectivity index is 3.80. The molecule has 0 aromatic rings. The number of rotatable bonds is 25. The lowest BCUT2D eigenvalue weighted by atomic mass is 10.0. The van der Waals surface area contributed by atoms with Gasteiger partial charge < -0.3 is 99.8 Å². The second kappa shape index (κ2) is 38.2. The van der Waals surface area contributed by atoms with Gasteiger partial charge in [0.25, 0.3) is 5.91 Å². The van der Waals surface area contributed by atoms with Gasteiger partial charge in [-0.2, -0.15) is 0 Å². The summed E-state index contributed by atoms with van der Waals surface area (Å²) in [6, 6.07) is -13.5. The molecule has 11 atom stereocenters. The van der Waals surface area contributed by atoms with Crippen molar-refractivity contribution in [2.75, 3.05) is 39.5 Å². The predicted molar refractivity (Wildman–Crippen MR) is 274 cm³/mol. The average molecular weight is 1120 g/mol. The Morgan fingerprint density at radius 2 is 1.26 bits per heavy atom. The molecule has 0 bridgehead atoms. The predicted octanol–water partition coefficient (Wildman–Crippen LogP) is -6.61. The van der Waals surface area contributed by atoms with Gasteiger partial charge in [0.05, 0.1) is 31.8 Å². The van der Waals surface area contributed by atoms with Gasteiger partial charge in [-0.15, -0.1) is 0 Å². The average Bonchev–Trinajstić information content (AvgIpc) is 3.39. The summed E-state index contributed by atoms with van der Waals surface area (Å²) >= 11 is 0. The molecule has 9 amide bonds. The number of carbonyl (C=O) groups is 11. The molecule has 30 nitrogen and oxygen atoms in total. The molecule has 444 valence electrons. The zero-order valence-electron chi connectivity index (χ0n) is 44.5. The largest absolute Gasteiger partial charge is 0.479 e. The number of carboxylic acids is 1. The SMILES string of the molecule is CC=C1NC(=O)C(C(C)O)NC(=O)C(CCCN)NC(=O)C(CCO)NC(=O)CNC(=O)C(CCN)NC(=O)C(NC(=O)CC(O)CCCCCCCCCCC)COC(=O)C(C(O)CO)NC(=O)C(C(O)C(=O)O)NC1=O. The highest BCUT2D eigenvalue weighted by atomic mass is 16.5. The number of allylic oxidation sites excluding steroid dienone is 1. The van der Waals surface area contributed by atoms with Crippen molar-refractivity contribution in [2.45, 2.75) is 184 Å². The summed E-state index contributed by atoms with van der Waals surface area (Å²) < 4.78 is 5.21. The van der Waals surface area contributed by atoms with E-state index in [9.17, 15) is 88.5 Å². The molecule has 78 heavy (non-hydrogen) atoms. The Morgan fingerprint density at radius 3 is 1.82 bits per heavy atom. The minimum atomic E-state index is -2.83. The van der Waals surface area contributed by atoms with E-state index in [1.807, 2.05) is 10.6 Å². The van der Waals surface area contributed by atoms with Crippen molar-refractivity contribution >= 4 is 65.1 Å². The van der Waals surface area contributed by atoms with Gasteiger partial charge in [0.1, 0.15) is 54.7 Å². The van der Waals surface area contributed by atoms with Crippen LogP contribution in [0.1, 0.15) is 117 Å². The molecule has 0 saturated carbocycles. The first-order valence-corrected chi connectivity index (χ1v) is 26.1. The third kappa shape index (κ3) is 25.8. The fraction of sp³-hybridized carbons (Fsp3) is 0.729. The molecule has 30 heteroatoms. The van der Waals surface area contributed by atoms with Crippen LogP contribution in [0.3, 0.4) is 0 Å². The van der Waals surface area contributed by atoms with Crippen LogP contribution < -0.4 is 59.3 Å². The molecular formula is C48H83N11O19.